The number of anilines is 1. The fourth-order valence-corrected chi connectivity index (χ4v) is 2.52. The normalized spacial score (nSPS) is 10.8. The average Bonchev–Trinajstić information content (AvgIpc) is 2.67. The van der Waals surface area contributed by atoms with Gasteiger partial charge in [-0.15, -0.1) is 0 Å². The summed E-state index contributed by atoms with van der Waals surface area (Å²) in [5, 5.41) is 8.25. The van der Waals surface area contributed by atoms with Gasteiger partial charge < -0.3 is 11.1 Å². The van der Waals surface area contributed by atoms with Crippen molar-refractivity contribution in [2.75, 3.05) is 12.3 Å². The Kier molecular flexibility index (Phi) is 5.24. The first-order valence-corrected chi connectivity index (χ1v) is 8.07. The maximum absolute atomic E-state index is 12.4. The second-order valence-corrected chi connectivity index (χ2v) is 5.63. The Labute approximate surface area is 150 Å². The van der Waals surface area contributed by atoms with Gasteiger partial charge in [0.1, 0.15) is 0 Å². The molecule has 0 radical (unpaired) electrons. The standard InChI is InChI=1S/C20H18N4O2/c21-18-11-4-2-7-15(18)12-23-24-19(25)13-22-20(26)17-10-5-8-14-6-1-3-9-16(14)17/h1-12H,13,21H2,(H,22,26)(H,24,25)/b23-12+. The zero-order valence-corrected chi connectivity index (χ0v) is 14.0. The van der Waals surface area contributed by atoms with Crippen LogP contribution in [0.5, 0.6) is 0 Å². The predicted octanol–water partition coefficient (Wildman–Crippen LogP) is 2.30. The highest BCUT2D eigenvalue weighted by Gasteiger charge is 2.10. The number of hydrogen-bond donors (Lipinski definition) is 3. The molecule has 6 heteroatoms. The molecule has 4 N–H and O–H groups in total. The van der Waals surface area contributed by atoms with Crippen molar-refractivity contribution in [3.8, 4) is 0 Å². The third kappa shape index (κ3) is 4.05. The smallest absolute Gasteiger partial charge is 0.259 e. The average molecular weight is 346 g/mol. The fraction of sp³-hybridized carbons (Fsp3) is 0.0500. The summed E-state index contributed by atoms with van der Waals surface area (Å²) in [5.41, 5.74) is 9.94. The van der Waals surface area contributed by atoms with Gasteiger partial charge in [0, 0.05) is 16.8 Å². The molecule has 3 aromatic carbocycles. The Morgan fingerprint density at radius 1 is 0.962 bits per heavy atom. The highest BCUT2D eigenvalue weighted by Crippen LogP contribution is 2.18. The van der Waals surface area contributed by atoms with E-state index >= 15 is 0 Å². The lowest BCUT2D eigenvalue weighted by molar-refractivity contribution is -0.120. The van der Waals surface area contributed by atoms with Crippen LogP contribution in [0.1, 0.15) is 15.9 Å². The quantitative estimate of drug-likeness (QED) is 0.376. The molecule has 3 aromatic rings. The Morgan fingerprint density at radius 3 is 2.54 bits per heavy atom. The van der Waals surface area contributed by atoms with Crippen LogP contribution in [0.15, 0.2) is 71.8 Å². The van der Waals surface area contributed by atoms with Gasteiger partial charge in [-0.05, 0) is 22.9 Å². The number of hydrogen-bond acceptors (Lipinski definition) is 4. The summed E-state index contributed by atoms with van der Waals surface area (Å²) in [5.74, 6) is -0.738. The zero-order chi connectivity index (χ0) is 18.4. The molecule has 0 heterocycles. The molecule has 3 rings (SSSR count). The summed E-state index contributed by atoms with van der Waals surface area (Å²) in [6, 6.07) is 20.2. The van der Waals surface area contributed by atoms with Gasteiger partial charge >= 0.3 is 0 Å². The molecule has 0 aromatic heterocycles. The van der Waals surface area contributed by atoms with Crippen LogP contribution in [0.4, 0.5) is 5.69 Å². The van der Waals surface area contributed by atoms with E-state index in [2.05, 4.69) is 15.8 Å². The highest BCUT2D eigenvalue weighted by molar-refractivity contribution is 6.07. The van der Waals surface area contributed by atoms with Crippen LogP contribution in [0.25, 0.3) is 10.8 Å². The Morgan fingerprint density at radius 2 is 1.69 bits per heavy atom. The Bertz CT molecular complexity index is 977. The van der Waals surface area contributed by atoms with Crippen molar-refractivity contribution in [1.29, 1.82) is 0 Å². The molecule has 26 heavy (non-hydrogen) atoms. The first-order valence-electron chi connectivity index (χ1n) is 8.07. The Hall–Kier alpha value is -3.67. The molecule has 0 saturated carbocycles. The summed E-state index contributed by atoms with van der Waals surface area (Å²) in [4.78, 5) is 24.2. The van der Waals surface area contributed by atoms with E-state index in [-0.39, 0.29) is 12.5 Å². The van der Waals surface area contributed by atoms with E-state index < -0.39 is 5.91 Å². The lowest BCUT2D eigenvalue weighted by atomic mass is 10.0. The monoisotopic (exact) mass is 346 g/mol. The number of nitrogens with one attached hydrogen (secondary N) is 2. The molecular weight excluding hydrogens is 328 g/mol. The van der Waals surface area contributed by atoms with E-state index in [1.165, 1.54) is 6.21 Å². The largest absolute Gasteiger partial charge is 0.398 e. The molecule has 0 aliphatic rings. The molecule has 0 unspecified atom stereocenters. The molecule has 2 amide bonds. The maximum Gasteiger partial charge on any atom is 0.259 e. The van der Waals surface area contributed by atoms with Crippen molar-refractivity contribution in [3.63, 3.8) is 0 Å². The van der Waals surface area contributed by atoms with E-state index in [9.17, 15) is 9.59 Å². The molecule has 0 spiro atoms. The number of carbonyl (C=O) groups is 2. The van der Waals surface area contributed by atoms with Gasteiger partial charge in [0.05, 0.1) is 12.8 Å². The second kappa shape index (κ2) is 7.94. The molecular formula is C20H18N4O2. The summed E-state index contributed by atoms with van der Waals surface area (Å²) in [7, 11) is 0. The van der Waals surface area contributed by atoms with Crippen LogP contribution >= 0.6 is 0 Å². The van der Waals surface area contributed by atoms with Crippen LogP contribution in [-0.4, -0.2) is 24.6 Å². The topological polar surface area (TPSA) is 96.6 Å². The minimum Gasteiger partial charge on any atom is -0.398 e. The van der Waals surface area contributed by atoms with Crippen LogP contribution in [-0.2, 0) is 4.79 Å². The summed E-state index contributed by atoms with van der Waals surface area (Å²) < 4.78 is 0. The Balaban J connectivity index is 1.57. The van der Waals surface area contributed by atoms with Gasteiger partial charge in [0.2, 0.25) is 0 Å². The van der Waals surface area contributed by atoms with Crippen molar-refractivity contribution in [3.05, 3.63) is 77.9 Å². The predicted molar refractivity (Wildman–Crippen MR) is 103 cm³/mol. The SMILES string of the molecule is Nc1ccccc1/C=N/NC(=O)CNC(=O)c1cccc2ccccc12. The lowest BCUT2D eigenvalue weighted by Crippen LogP contribution is -2.35. The van der Waals surface area contributed by atoms with Gasteiger partial charge in [0.25, 0.3) is 11.8 Å². The lowest BCUT2D eigenvalue weighted by Gasteiger charge is -2.07. The minimum atomic E-state index is -0.427. The molecule has 0 fully saturated rings. The van der Waals surface area contributed by atoms with Crippen LogP contribution in [0, 0.1) is 0 Å². The van der Waals surface area contributed by atoms with Gasteiger partial charge in [-0.1, -0.05) is 54.6 Å². The van der Waals surface area contributed by atoms with Crippen molar-refractivity contribution in [2.45, 2.75) is 0 Å². The van der Waals surface area contributed by atoms with E-state index in [4.69, 9.17) is 5.73 Å². The van der Waals surface area contributed by atoms with Crippen molar-refractivity contribution < 1.29 is 9.59 Å². The van der Waals surface area contributed by atoms with E-state index in [1.54, 1.807) is 18.2 Å². The summed E-state index contributed by atoms with van der Waals surface area (Å²) in [6.07, 6.45) is 1.46. The molecule has 0 atom stereocenters. The van der Waals surface area contributed by atoms with Gasteiger partial charge in [0.15, 0.2) is 0 Å². The van der Waals surface area contributed by atoms with Crippen LogP contribution < -0.4 is 16.5 Å². The number of benzene rings is 3. The maximum atomic E-state index is 12.4. The second-order valence-electron chi connectivity index (χ2n) is 5.63. The number of nitrogens with zero attached hydrogens (tertiary/aromatic N) is 1. The first-order chi connectivity index (χ1) is 12.6. The van der Waals surface area contributed by atoms with E-state index in [1.807, 2.05) is 48.5 Å². The number of carbonyl (C=O) groups excluding carboxylic acids is 2. The zero-order valence-electron chi connectivity index (χ0n) is 14.0. The number of amides is 2. The molecule has 130 valence electrons. The minimum absolute atomic E-state index is 0.177. The third-order valence-corrected chi connectivity index (χ3v) is 3.83. The van der Waals surface area contributed by atoms with Gasteiger partial charge in [-0.2, -0.15) is 5.10 Å². The molecule has 0 saturated heterocycles. The molecule has 0 aliphatic heterocycles. The number of fused-ring (bicyclic) bond motifs is 1. The highest BCUT2D eigenvalue weighted by atomic mass is 16.2. The molecule has 6 nitrogen and oxygen atoms in total. The fourth-order valence-electron chi connectivity index (χ4n) is 2.52. The van der Waals surface area contributed by atoms with Crippen LogP contribution in [0.2, 0.25) is 0 Å². The summed E-state index contributed by atoms with van der Waals surface area (Å²) >= 11 is 0. The molecule has 0 bridgehead atoms. The van der Waals surface area contributed by atoms with E-state index in [0.29, 0.717) is 16.8 Å². The van der Waals surface area contributed by atoms with Gasteiger partial charge in [-0.3, -0.25) is 9.59 Å². The molecule has 0 aliphatic carbocycles. The number of rotatable bonds is 5. The first kappa shape index (κ1) is 17.2. The number of para-hydroxylation sites is 1. The number of hydrazone groups is 1. The number of nitrogens with two attached hydrogens (primary N) is 1. The van der Waals surface area contributed by atoms with Crippen molar-refractivity contribution in [2.24, 2.45) is 5.10 Å². The van der Waals surface area contributed by atoms with E-state index in [0.717, 1.165) is 10.8 Å². The number of nitrogen functional groups attached to an aromatic ring is 1. The van der Waals surface area contributed by atoms with Gasteiger partial charge in [-0.25, -0.2) is 5.43 Å². The third-order valence-electron chi connectivity index (χ3n) is 3.83. The van der Waals surface area contributed by atoms with Crippen molar-refractivity contribution in [1.82, 2.24) is 10.7 Å². The summed E-state index contributed by atoms with van der Waals surface area (Å²) in [6.45, 7) is -0.177. The van der Waals surface area contributed by atoms with Crippen LogP contribution in [0.3, 0.4) is 0 Å². The van der Waals surface area contributed by atoms with Crippen molar-refractivity contribution >= 4 is 34.5 Å².